The molecule has 1 aliphatic heterocycles. The second kappa shape index (κ2) is 7.46. The first-order chi connectivity index (χ1) is 8.65. The van der Waals surface area contributed by atoms with Crippen molar-refractivity contribution in [2.75, 3.05) is 26.2 Å². The van der Waals surface area contributed by atoms with Gasteiger partial charge in [0.05, 0.1) is 16.1 Å². The number of rotatable bonds is 3. The fourth-order valence-electron chi connectivity index (χ4n) is 2.22. The maximum absolute atomic E-state index is 14.0. The number of hydrogen-bond donors (Lipinski definition) is 1. The molecule has 2 nitrogen and oxygen atoms in total. The Bertz CT molecular complexity index is 448. The quantitative estimate of drug-likeness (QED) is 0.673. The van der Waals surface area contributed by atoms with Gasteiger partial charge in [0.2, 0.25) is 0 Å². The molecule has 0 bridgehead atoms. The molecule has 6 heteroatoms. The van der Waals surface area contributed by atoms with Gasteiger partial charge in [-0.1, -0.05) is 29.3 Å². The predicted molar refractivity (Wildman–Crippen MR) is 81.0 cm³/mol. The smallest absolute Gasteiger partial charge is 0.129 e. The molecule has 1 aromatic rings. The fraction of sp³-hybridized carbons (Fsp3) is 0.385. The summed E-state index contributed by atoms with van der Waals surface area (Å²) in [4.78, 5) is 2.14. The van der Waals surface area contributed by atoms with Gasteiger partial charge in [-0.25, -0.2) is 4.39 Å². The summed E-state index contributed by atoms with van der Waals surface area (Å²) in [6.07, 6.45) is 1.71. The molecule has 0 amide bonds. The lowest BCUT2D eigenvalue weighted by molar-refractivity contribution is 0.200. The van der Waals surface area contributed by atoms with E-state index in [1.165, 1.54) is 12.1 Å². The van der Waals surface area contributed by atoms with Gasteiger partial charge in [0, 0.05) is 31.7 Å². The van der Waals surface area contributed by atoms with Crippen molar-refractivity contribution < 1.29 is 4.39 Å². The van der Waals surface area contributed by atoms with E-state index < -0.39 is 0 Å². The molecule has 1 saturated heterocycles. The first kappa shape index (κ1) is 16.7. The summed E-state index contributed by atoms with van der Waals surface area (Å²) in [6.45, 7) is 7.22. The second-order valence-corrected chi connectivity index (χ2v) is 5.01. The average Bonchev–Trinajstić information content (AvgIpc) is 2.40. The van der Waals surface area contributed by atoms with Crippen LogP contribution >= 0.6 is 35.6 Å². The number of halogens is 4. The Morgan fingerprint density at radius 1 is 1.32 bits per heavy atom. The van der Waals surface area contributed by atoms with Gasteiger partial charge in [0.1, 0.15) is 5.82 Å². The van der Waals surface area contributed by atoms with Crippen LogP contribution in [0.4, 0.5) is 4.39 Å². The largest absolute Gasteiger partial charge is 0.314 e. The summed E-state index contributed by atoms with van der Waals surface area (Å²) in [5.74, 6) is -0.340. The molecule has 1 aliphatic rings. The minimum atomic E-state index is -0.340. The lowest BCUT2D eigenvalue weighted by Gasteiger charge is -2.34. The van der Waals surface area contributed by atoms with Crippen LogP contribution in [0.1, 0.15) is 11.6 Å². The van der Waals surface area contributed by atoms with Crippen LogP contribution in [-0.4, -0.2) is 31.1 Å². The Hall–Kier alpha value is -0.320. The zero-order valence-electron chi connectivity index (χ0n) is 10.3. The number of hydrogen-bond acceptors (Lipinski definition) is 2. The number of nitrogens with zero attached hydrogens (tertiary/aromatic N) is 1. The zero-order chi connectivity index (χ0) is 13.1. The van der Waals surface area contributed by atoms with Crippen LogP contribution in [0.15, 0.2) is 24.8 Å². The monoisotopic (exact) mass is 324 g/mol. The molecule has 19 heavy (non-hydrogen) atoms. The molecule has 1 atom stereocenters. The Morgan fingerprint density at radius 3 is 2.53 bits per heavy atom. The van der Waals surface area contributed by atoms with Crippen molar-refractivity contribution >= 4 is 35.6 Å². The first-order valence-electron chi connectivity index (χ1n) is 5.86. The van der Waals surface area contributed by atoms with Gasteiger partial charge in [-0.15, -0.1) is 19.0 Å². The number of benzene rings is 1. The Morgan fingerprint density at radius 2 is 1.95 bits per heavy atom. The van der Waals surface area contributed by atoms with Crippen molar-refractivity contribution in [1.82, 2.24) is 10.2 Å². The van der Waals surface area contributed by atoms with Crippen LogP contribution < -0.4 is 5.32 Å². The SMILES string of the molecule is C=C[C@@H](c1c(F)ccc(Cl)c1Cl)N1CCNCC1.Cl. The number of nitrogens with one attached hydrogen (secondary N) is 1. The van der Waals surface area contributed by atoms with E-state index in [1.807, 2.05) is 0 Å². The molecule has 0 saturated carbocycles. The molecule has 1 aromatic carbocycles. The third-order valence-corrected chi connectivity index (χ3v) is 3.96. The average molecular weight is 326 g/mol. The van der Waals surface area contributed by atoms with Crippen molar-refractivity contribution in [3.8, 4) is 0 Å². The van der Waals surface area contributed by atoms with E-state index >= 15 is 0 Å². The van der Waals surface area contributed by atoms with Gasteiger partial charge >= 0.3 is 0 Å². The molecule has 1 heterocycles. The minimum Gasteiger partial charge on any atom is -0.314 e. The van der Waals surface area contributed by atoms with E-state index in [0.29, 0.717) is 10.6 Å². The maximum Gasteiger partial charge on any atom is 0.129 e. The highest BCUT2D eigenvalue weighted by atomic mass is 35.5. The molecule has 0 aromatic heterocycles. The molecular weight excluding hydrogens is 310 g/mol. The standard InChI is InChI=1S/C13H15Cl2FN2.ClH/c1-2-11(18-7-5-17-6-8-18)12-10(16)4-3-9(14)13(12)15;/h2-4,11,17H,1,5-8H2;1H/t11-;/m0./s1. The summed E-state index contributed by atoms with van der Waals surface area (Å²) >= 11 is 12.1. The van der Waals surface area contributed by atoms with Crippen LogP contribution in [0.2, 0.25) is 10.0 Å². The lowest BCUT2D eigenvalue weighted by atomic mass is 10.0. The highest BCUT2D eigenvalue weighted by Gasteiger charge is 2.25. The molecule has 1 fully saturated rings. The Labute approximate surface area is 129 Å². The zero-order valence-corrected chi connectivity index (χ0v) is 12.7. The first-order valence-corrected chi connectivity index (χ1v) is 6.61. The summed E-state index contributed by atoms with van der Waals surface area (Å²) in [6, 6.07) is 2.58. The van der Waals surface area contributed by atoms with E-state index in [9.17, 15) is 4.39 Å². The fourth-order valence-corrected chi connectivity index (χ4v) is 2.65. The molecule has 106 valence electrons. The predicted octanol–water partition coefficient (Wildman–Crippen LogP) is 3.69. The summed E-state index contributed by atoms with van der Waals surface area (Å²) in [5, 5.41) is 3.91. The summed E-state index contributed by atoms with van der Waals surface area (Å²) < 4.78 is 14.0. The van der Waals surface area contributed by atoms with E-state index in [4.69, 9.17) is 23.2 Å². The molecule has 0 radical (unpaired) electrons. The van der Waals surface area contributed by atoms with Gasteiger partial charge in [0.25, 0.3) is 0 Å². The van der Waals surface area contributed by atoms with Gasteiger partial charge in [-0.2, -0.15) is 0 Å². The van der Waals surface area contributed by atoms with Crippen molar-refractivity contribution in [1.29, 1.82) is 0 Å². The lowest BCUT2D eigenvalue weighted by Crippen LogP contribution is -2.44. The highest BCUT2D eigenvalue weighted by molar-refractivity contribution is 6.42. The minimum absolute atomic E-state index is 0. The van der Waals surface area contributed by atoms with Gasteiger partial charge < -0.3 is 5.32 Å². The van der Waals surface area contributed by atoms with Crippen molar-refractivity contribution in [2.45, 2.75) is 6.04 Å². The van der Waals surface area contributed by atoms with Crippen LogP contribution in [0.25, 0.3) is 0 Å². The van der Waals surface area contributed by atoms with Gasteiger partial charge in [0.15, 0.2) is 0 Å². The third-order valence-electron chi connectivity index (χ3n) is 3.14. The molecule has 0 aliphatic carbocycles. The van der Waals surface area contributed by atoms with E-state index in [-0.39, 0.29) is 29.3 Å². The molecule has 0 unspecified atom stereocenters. The van der Waals surface area contributed by atoms with Crippen LogP contribution in [0.3, 0.4) is 0 Å². The van der Waals surface area contributed by atoms with Gasteiger partial charge in [-0.3, -0.25) is 4.90 Å². The Kier molecular flexibility index (Phi) is 6.57. The van der Waals surface area contributed by atoms with Crippen molar-refractivity contribution in [3.05, 3.63) is 46.2 Å². The van der Waals surface area contributed by atoms with Crippen LogP contribution in [0.5, 0.6) is 0 Å². The topological polar surface area (TPSA) is 15.3 Å². The van der Waals surface area contributed by atoms with E-state index in [1.54, 1.807) is 6.08 Å². The van der Waals surface area contributed by atoms with Crippen molar-refractivity contribution in [2.24, 2.45) is 0 Å². The van der Waals surface area contributed by atoms with Gasteiger partial charge in [-0.05, 0) is 12.1 Å². The van der Waals surface area contributed by atoms with E-state index in [0.717, 1.165) is 26.2 Å². The summed E-state index contributed by atoms with van der Waals surface area (Å²) in [5.41, 5.74) is 0.418. The molecule has 1 N–H and O–H groups in total. The van der Waals surface area contributed by atoms with E-state index in [2.05, 4.69) is 16.8 Å². The number of piperazine rings is 1. The van der Waals surface area contributed by atoms with Crippen molar-refractivity contribution in [3.63, 3.8) is 0 Å². The van der Waals surface area contributed by atoms with Crippen LogP contribution in [0, 0.1) is 5.82 Å². The maximum atomic E-state index is 14.0. The molecule has 0 spiro atoms. The third kappa shape index (κ3) is 3.61. The summed E-state index contributed by atoms with van der Waals surface area (Å²) in [7, 11) is 0. The normalized spacial score (nSPS) is 17.6. The second-order valence-electron chi connectivity index (χ2n) is 4.22. The molecule has 2 rings (SSSR count). The van der Waals surface area contributed by atoms with Crippen LogP contribution in [-0.2, 0) is 0 Å². The molecular formula is C13H16Cl3FN2. The highest BCUT2D eigenvalue weighted by Crippen LogP contribution is 2.35. The Balaban J connectivity index is 0.00000180.